The van der Waals surface area contributed by atoms with Gasteiger partial charge in [0, 0.05) is 19.3 Å². The number of ether oxygens (including phenoxy) is 1. The zero-order chi connectivity index (χ0) is 12.8. The lowest BCUT2D eigenvalue weighted by molar-refractivity contribution is 0.0157. The fourth-order valence-corrected chi connectivity index (χ4v) is 3.57. The van der Waals surface area contributed by atoms with Crippen molar-refractivity contribution in [1.82, 2.24) is 5.32 Å². The van der Waals surface area contributed by atoms with Gasteiger partial charge < -0.3 is 10.1 Å². The van der Waals surface area contributed by atoms with E-state index < -0.39 is 0 Å². The average Bonchev–Trinajstić information content (AvgIpc) is 2.34. The highest BCUT2D eigenvalue weighted by atomic mass is 16.5. The van der Waals surface area contributed by atoms with Gasteiger partial charge in [-0.3, -0.25) is 0 Å². The molecular formula is C16H29NO. The van der Waals surface area contributed by atoms with Gasteiger partial charge in [0.25, 0.3) is 0 Å². The van der Waals surface area contributed by atoms with Gasteiger partial charge in [0.2, 0.25) is 0 Å². The molecule has 3 unspecified atom stereocenters. The third kappa shape index (κ3) is 3.58. The van der Waals surface area contributed by atoms with Gasteiger partial charge in [-0.15, -0.1) is 0 Å². The molecular weight excluding hydrogens is 222 g/mol. The molecule has 1 fully saturated rings. The highest BCUT2D eigenvalue weighted by molar-refractivity contribution is 5.14. The van der Waals surface area contributed by atoms with E-state index in [9.17, 15) is 0 Å². The first kappa shape index (κ1) is 14.1. The van der Waals surface area contributed by atoms with Crippen LogP contribution in [0.5, 0.6) is 0 Å². The van der Waals surface area contributed by atoms with E-state index in [1.165, 1.54) is 44.9 Å². The zero-order valence-corrected chi connectivity index (χ0v) is 12.1. The number of nitrogens with one attached hydrogen (secondary N) is 1. The number of allylic oxidation sites excluding steroid dienone is 1. The third-order valence-corrected chi connectivity index (χ3v) is 4.67. The van der Waals surface area contributed by atoms with E-state index in [0.717, 1.165) is 19.1 Å². The molecule has 2 heteroatoms. The summed E-state index contributed by atoms with van der Waals surface area (Å²) in [4.78, 5) is 0. The van der Waals surface area contributed by atoms with Crippen LogP contribution >= 0.6 is 0 Å². The molecule has 2 rings (SSSR count). The Labute approximate surface area is 112 Å². The summed E-state index contributed by atoms with van der Waals surface area (Å²) in [6, 6.07) is 0.585. The molecule has 1 N–H and O–H groups in total. The molecule has 0 radical (unpaired) electrons. The quantitative estimate of drug-likeness (QED) is 0.775. The summed E-state index contributed by atoms with van der Waals surface area (Å²) in [6.07, 6.45) is 11.9. The van der Waals surface area contributed by atoms with Gasteiger partial charge in [0.15, 0.2) is 0 Å². The van der Waals surface area contributed by atoms with E-state index in [2.05, 4.69) is 25.4 Å². The van der Waals surface area contributed by atoms with Crippen LogP contribution in [-0.2, 0) is 4.74 Å². The molecule has 104 valence electrons. The minimum atomic E-state index is 0.585. The summed E-state index contributed by atoms with van der Waals surface area (Å²) in [6.45, 7) is 4.23. The van der Waals surface area contributed by atoms with E-state index in [1.807, 2.05) is 0 Å². The number of likely N-dealkylation sites (N-methyl/N-ethyl adjacent to an activating group) is 1. The molecule has 2 nitrogen and oxygen atoms in total. The Kier molecular flexibility index (Phi) is 5.71. The Morgan fingerprint density at radius 2 is 2.11 bits per heavy atom. The second kappa shape index (κ2) is 7.30. The molecule has 0 saturated carbocycles. The summed E-state index contributed by atoms with van der Waals surface area (Å²) in [5, 5.41) is 3.60. The zero-order valence-electron chi connectivity index (χ0n) is 12.1. The summed E-state index contributed by atoms with van der Waals surface area (Å²) in [5.74, 6) is 1.44. The normalized spacial score (nSPS) is 32.2. The molecule has 0 bridgehead atoms. The Morgan fingerprint density at radius 3 is 2.89 bits per heavy atom. The largest absolute Gasteiger partial charge is 0.381 e. The molecule has 1 saturated heterocycles. The fraction of sp³-hybridized carbons (Fsp3) is 0.875. The van der Waals surface area contributed by atoms with Gasteiger partial charge in [-0.25, -0.2) is 0 Å². The molecule has 0 aromatic carbocycles. The average molecular weight is 251 g/mol. The smallest absolute Gasteiger partial charge is 0.0494 e. The van der Waals surface area contributed by atoms with Crippen molar-refractivity contribution in [2.75, 3.05) is 20.3 Å². The summed E-state index contributed by atoms with van der Waals surface area (Å²) in [7, 11) is 2.13. The summed E-state index contributed by atoms with van der Waals surface area (Å²) in [5.41, 5.74) is 1.68. The lowest BCUT2D eigenvalue weighted by Crippen LogP contribution is -2.42. The van der Waals surface area contributed by atoms with E-state index in [-0.39, 0.29) is 0 Å². The maximum absolute atomic E-state index is 5.59. The summed E-state index contributed by atoms with van der Waals surface area (Å²) >= 11 is 0. The lowest BCUT2D eigenvalue weighted by atomic mass is 9.78. The number of rotatable bonds is 3. The molecule has 1 aliphatic carbocycles. The van der Waals surface area contributed by atoms with Crippen LogP contribution < -0.4 is 5.32 Å². The van der Waals surface area contributed by atoms with Gasteiger partial charge >= 0.3 is 0 Å². The molecule has 0 aromatic rings. The SMILES string of the molecule is CNC(C1=CCCCCCC1)C1CCOCC1C. The van der Waals surface area contributed by atoms with Crippen LogP contribution in [0.3, 0.4) is 0 Å². The van der Waals surface area contributed by atoms with Gasteiger partial charge in [-0.2, -0.15) is 0 Å². The first-order valence-corrected chi connectivity index (χ1v) is 7.77. The van der Waals surface area contributed by atoms with Gasteiger partial charge in [0.1, 0.15) is 0 Å². The van der Waals surface area contributed by atoms with Crippen molar-refractivity contribution >= 4 is 0 Å². The highest BCUT2D eigenvalue weighted by Crippen LogP contribution is 2.31. The van der Waals surface area contributed by atoms with Crippen LogP contribution in [-0.4, -0.2) is 26.3 Å². The first-order chi connectivity index (χ1) is 8.83. The predicted octanol–water partition coefficient (Wildman–Crippen LogP) is 3.53. The van der Waals surface area contributed by atoms with Crippen LogP contribution in [0.25, 0.3) is 0 Å². The van der Waals surface area contributed by atoms with E-state index >= 15 is 0 Å². The third-order valence-electron chi connectivity index (χ3n) is 4.67. The topological polar surface area (TPSA) is 21.3 Å². The van der Waals surface area contributed by atoms with Crippen LogP contribution in [0.15, 0.2) is 11.6 Å². The monoisotopic (exact) mass is 251 g/mol. The molecule has 0 spiro atoms. The Hall–Kier alpha value is -0.340. The second-order valence-corrected chi connectivity index (χ2v) is 6.00. The van der Waals surface area contributed by atoms with Gasteiger partial charge in [-0.1, -0.05) is 31.4 Å². The maximum atomic E-state index is 5.59. The highest BCUT2D eigenvalue weighted by Gasteiger charge is 2.30. The van der Waals surface area contributed by atoms with Crippen LogP contribution in [0, 0.1) is 11.8 Å². The van der Waals surface area contributed by atoms with E-state index in [0.29, 0.717) is 12.0 Å². The van der Waals surface area contributed by atoms with Crippen molar-refractivity contribution in [3.8, 4) is 0 Å². The Balaban J connectivity index is 2.05. The molecule has 3 atom stereocenters. The maximum Gasteiger partial charge on any atom is 0.0494 e. The van der Waals surface area contributed by atoms with E-state index in [4.69, 9.17) is 4.74 Å². The lowest BCUT2D eigenvalue weighted by Gasteiger charge is -2.37. The first-order valence-electron chi connectivity index (χ1n) is 7.77. The molecule has 0 amide bonds. The van der Waals surface area contributed by atoms with Crippen LogP contribution in [0.1, 0.15) is 51.9 Å². The molecule has 0 aromatic heterocycles. The minimum absolute atomic E-state index is 0.585. The Morgan fingerprint density at radius 1 is 1.28 bits per heavy atom. The number of hydrogen-bond acceptors (Lipinski definition) is 2. The molecule has 18 heavy (non-hydrogen) atoms. The summed E-state index contributed by atoms with van der Waals surface area (Å²) < 4.78 is 5.59. The standard InChI is InChI=1S/C16H29NO/c1-13-12-18-11-10-15(13)16(17-2)14-8-6-4-3-5-7-9-14/h8,13,15-17H,3-7,9-12H2,1-2H3. The van der Waals surface area contributed by atoms with Gasteiger partial charge in [0.05, 0.1) is 0 Å². The van der Waals surface area contributed by atoms with Crippen molar-refractivity contribution < 1.29 is 4.74 Å². The second-order valence-electron chi connectivity index (χ2n) is 6.00. The van der Waals surface area contributed by atoms with Crippen LogP contribution in [0.2, 0.25) is 0 Å². The molecule has 1 heterocycles. The number of hydrogen-bond donors (Lipinski definition) is 1. The van der Waals surface area contributed by atoms with Crippen molar-refractivity contribution in [3.63, 3.8) is 0 Å². The van der Waals surface area contributed by atoms with Crippen molar-refractivity contribution in [1.29, 1.82) is 0 Å². The molecule has 1 aliphatic heterocycles. The van der Waals surface area contributed by atoms with Crippen molar-refractivity contribution in [2.45, 2.75) is 57.9 Å². The van der Waals surface area contributed by atoms with E-state index in [1.54, 1.807) is 5.57 Å². The van der Waals surface area contributed by atoms with Crippen molar-refractivity contribution in [2.24, 2.45) is 11.8 Å². The fourth-order valence-electron chi connectivity index (χ4n) is 3.57. The van der Waals surface area contributed by atoms with Crippen molar-refractivity contribution in [3.05, 3.63) is 11.6 Å². The Bertz CT molecular complexity index is 274. The van der Waals surface area contributed by atoms with Gasteiger partial charge in [-0.05, 0) is 51.0 Å². The predicted molar refractivity (Wildman–Crippen MR) is 76.7 cm³/mol. The van der Waals surface area contributed by atoms with Crippen LogP contribution in [0.4, 0.5) is 0 Å². The minimum Gasteiger partial charge on any atom is -0.381 e. The molecule has 2 aliphatic rings.